The van der Waals surface area contributed by atoms with E-state index in [1.54, 1.807) is 24.3 Å². The number of hydrogen-bond acceptors (Lipinski definition) is 3. The van der Waals surface area contributed by atoms with Crippen molar-refractivity contribution in [3.8, 4) is 0 Å². The minimum absolute atomic E-state index is 0.262. The Balaban J connectivity index is 2.16. The Hall–Kier alpha value is -1.36. The van der Waals surface area contributed by atoms with Crippen LogP contribution in [0.1, 0.15) is 51.5 Å². The molecular formula is C17H26N2O2S. The summed E-state index contributed by atoms with van der Waals surface area (Å²) in [6.07, 6.45) is 5.40. The van der Waals surface area contributed by atoms with Crippen LogP contribution in [0.2, 0.25) is 0 Å². The van der Waals surface area contributed by atoms with Gasteiger partial charge in [0.25, 0.3) is 10.0 Å². The molecule has 22 heavy (non-hydrogen) atoms. The Morgan fingerprint density at radius 3 is 2.59 bits per heavy atom. The molecule has 0 amide bonds. The van der Waals surface area contributed by atoms with Gasteiger partial charge in [-0.05, 0) is 44.2 Å². The molecule has 0 spiro atoms. The second-order valence-corrected chi connectivity index (χ2v) is 7.91. The van der Waals surface area contributed by atoms with Crippen LogP contribution in [0.15, 0.2) is 34.3 Å². The summed E-state index contributed by atoms with van der Waals surface area (Å²) in [6, 6.07) is 6.82. The molecule has 4 nitrogen and oxygen atoms in total. The summed E-state index contributed by atoms with van der Waals surface area (Å²) in [5, 5.41) is 4.28. The normalized spacial score (nSPS) is 22.5. The van der Waals surface area contributed by atoms with Gasteiger partial charge in [-0.15, -0.1) is 0 Å². The van der Waals surface area contributed by atoms with E-state index in [0.29, 0.717) is 11.8 Å². The van der Waals surface area contributed by atoms with Crippen molar-refractivity contribution in [1.82, 2.24) is 4.83 Å². The molecule has 2 atom stereocenters. The predicted molar refractivity (Wildman–Crippen MR) is 90.3 cm³/mol. The van der Waals surface area contributed by atoms with Gasteiger partial charge in [-0.25, -0.2) is 4.83 Å². The molecule has 0 saturated heterocycles. The van der Waals surface area contributed by atoms with Crippen LogP contribution >= 0.6 is 0 Å². The van der Waals surface area contributed by atoms with Crippen LogP contribution in [0, 0.1) is 18.8 Å². The number of hydrogen-bond donors (Lipinski definition) is 1. The van der Waals surface area contributed by atoms with Gasteiger partial charge in [0.15, 0.2) is 0 Å². The Kier molecular flexibility index (Phi) is 5.62. The molecule has 1 aliphatic rings. The minimum atomic E-state index is -3.57. The van der Waals surface area contributed by atoms with E-state index in [0.717, 1.165) is 37.0 Å². The van der Waals surface area contributed by atoms with Gasteiger partial charge in [0.2, 0.25) is 0 Å². The van der Waals surface area contributed by atoms with Gasteiger partial charge in [-0.1, -0.05) is 44.4 Å². The van der Waals surface area contributed by atoms with E-state index in [4.69, 9.17) is 0 Å². The molecule has 1 aromatic rings. The average molecular weight is 322 g/mol. The molecule has 1 fully saturated rings. The first-order valence-electron chi connectivity index (χ1n) is 8.09. The summed E-state index contributed by atoms with van der Waals surface area (Å²) in [5.41, 5.74) is 2.05. The van der Waals surface area contributed by atoms with Crippen molar-refractivity contribution >= 4 is 15.7 Å². The molecule has 1 saturated carbocycles. The van der Waals surface area contributed by atoms with Crippen molar-refractivity contribution in [3.05, 3.63) is 29.8 Å². The van der Waals surface area contributed by atoms with E-state index >= 15 is 0 Å². The summed E-state index contributed by atoms with van der Waals surface area (Å²) in [5.74, 6) is 0.947. The summed E-state index contributed by atoms with van der Waals surface area (Å²) < 4.78 is 24.6. The fourth-order valence-corrected chi connectivity index (χ4v) is 3.78. The molecule has 2 unspecified atom stereocenters. The van der Waals surface area contributed by atoms with Crippen molar-refractivity contribution in [2.45, 2.75) is 57.8 Å². The minimum Gasteiger partial charge on any atom is -0.200 e. The lowest BCUT2D eigenvalue weighted by Crippen LogP contribution is -2.29. The first-order valence-corrected chi connectivity index (χ1v) is 9.57. The Morgan fingerprint density at radius 2 is 1.95 bits per heavy atom. The predicted octanol–water partition coefficient (Wildman–Crippen LogP) is 3.87. The maximum absolute atomic E-state index is 12.3. The Labute approximate surface area is 134 Å². The molecule has 0 aromatic heterocycles. The number of hydrazone groups is 1. The molecule has 5 heteroatoms. The third-order valence-corrected chi connectivity index (χ3v) is 5.82. The lowest BCUT2D eigenvalue weighted by Gasteiger charge is -2.28. The second kappa shape index (κ2) is 7.27. The highest BCUT2D eigenvalue weighted by Gasteiger charge is 2.25. The van der Waals surface area contributed by atoms with Gasteiger partial charge in [0.05, 0.1) is 4.90 Å². The van der Waals surface area contributed by atoms with E-state index in [2.05, 4.69) is 23.8 Å². The summed E-state index contributed by atoms with van der Waals surface area (Å²) in [6.45, 7) is 6.33. The highest BCUT2D eigenvalue weighted by molar-refractivity contribution is 7.89. The van der Waals surface area contributed by atoms with Crippen LogP contribution in [0.3, 0.4) is 0 Å². The molecule has 0 aliphatic heterocycles. The van der Waals surface area contributed by atoms with Gasteiger partial charge in [0, 0.05) is 11.6 Å². The number of rotatable bonds is 5. The zero-order valence-corrected chi connectivity index (χ0v) is 14.5. The Morgan fingerprint density at radius 1 is 1.27 bits per heavy atom. The monoisotopic (exact) mass is 322 g/mol. The van der Waals surface area contributed by atoms with E-state index in [9.17, 15) is 8.42 Å². The third kappa shape index (κ3) is 4.09. The zero-order chi connectivity index (χ0) is 16.2. The number of aryl methyl sites for hydroxylation is 1. The summed E-state index contributed by atoms with van der Waals surface area (Å²) in [4.78, 5) is 2.70. The highest BCUT2D eigenvalue weighted by atomic mass is 32.2. The van der Waals surface area contributed by atoms with Crippen LogP contribution < -0.4 is 4.83 Å². The first kappa shape index (κ1) is 17.0. The van der Waals surface area contributed by atoms with Gasteiger partial charge >= 0.3 is 0 Å². The van der Waals surface area contributed by atoms with Crippen LogP contribution in [0.25, 0.3) is 0 Å². The smallest absolute Gasteiger partial charge is 0.200 e. The number of nitrogens with one attached hydrogen (secondary N) is 1. The van der Waals surface area contributed by atoms with E-state index in [1.165, 1.54) is 6.42 Å². The number of sulfonamides is 1. The van der Waals surface area contributed by atoms with Gasteiger partial charge in [0.1, 0.15) is 0 Å². The molecular weight excluding hydrogens is 296 g/mol. The maximum atomic E-state index is 12.3. The third-order valence-electron chi connectivity index (χ3n) is 4.60. The molecule has 122 valence electrons. The van der Waals surface area contributed by atoms with Crippen molar-refractivity contribution in [2.75, 3.05) is 0 Å². The zero-order valence-electron chi connectivity index (χ0n) is 13.7. The average Bonchev–Trinajstić information content (AvgIpc) is 2.53. The second-order valence-electron chi connectivity index (χ2n) is 6.25. The standard InChI is InChI=1S/C17H26N2O2S/c1-4-14(3)16-7-5-6-8-17(16)18-19-22(20,21)15-11-9-13(2)10-12-15/h9-12,14,16,19H,4-8H2,1-3H3/b18-17+. The first-order chi connectivity index (χ1) is 10.4. The van der Waals surface area contributed by atoms with Crippen molar-refractivity contribution in [2.24, 2.45) is 16.9 Å². The van der Waals surface area contributed by atoms with E-state index in [1.807, 2.05) is 6.92 Å². The van der Waals surface area contributed by atoms with Gasteiger partial charge in [-0.2, -0.15) is 13.5 Å². The van der Waals surface area contributed by atoms with Gasteiger partial charge < -0.3 is 0 Å². The van der Waals surface area contributed by atoms with Crippen LogP contribution in [0.4, 0.5) is 0 Å². The Bertz CT molecular complexity index is 621. The van der Waals surface area contributed by atoms with Crippen LogP contribution in [0.5, 0.6) is 0 Å². The van der Waals surface area contributed by atoms with E-state index < -0.39 is 10.0 Å². The van der Waals surface area contributed by atoms with Crippen molar-refractivity contribution < 1.29 is 8.42 Å². The topological polar surface area (TPSA) is 58.5 Å². The van der Waals surface area contributed by atoms with Gasteiger partial charge in [-0.3, -0.25) is 0 Å². The van der Waals surface area contributed by atoms with Crippen LogP contribution in [-0.4, -0.2) is 14.1 Å². The van der Waals surface area contributed by atoms with E-state index in [-0.39, 0.29) is 4.90 Å². The largest absolute Gasteiger partial charge is 0.276 e. The SMILES string of the molecule is CCC(C)C1CCCC/C1=N\NS(=O)(=O)c1ccc(C)cc1. The number of benzene rings is 1. The molecule has 1 N–H and O–H groups in total. The molecule has 0 bridgehead atoms. The fraction of sp³-hybridized carbons (Fsp3) is 0.588. The molecule has 0 heterocycles. The fourth-order valence-electron chi connectivity index (χ4n) is 2.95. The number of nitrogens with zero attached hydrogens (tertiary/aromatic N) is 1. The highest BCUT2D eigenvalue weighted by Crippen LogP contribution is 2.29. The molecule has 1 aromatic carbocycles. The molecule has 0 radical (unpaired) electrons. The van der Waals surface area contributed by atoms with Crippen molar-refractivity contribution in [3.63, 3.8) is 0 Å². The maximum Gasteiger partial charge on any atom is 0.276 e. The van der Waals surface area contributed by atoms with Crippen LogP contribution in [-0.2, 0) is 10.0 Å². The summed E-state index contributed by atoms with van der Waals surface area (Å²) >= 11 is 0. The molecule has 1 aliphatic carbocycles. The summed E-state index contributed by atoms with van der Waals surface area (Å²) in [7, 11) is -3.57. The molecule has 2 rings (SSSR count). The lowest BCUT2D eigenvalue weighted by molar-refractivity contribution is 0.379. The lowest BCUT2D eigenvalue weighted by atomic mass is 9.78. The van der Waals surface area contributed by atoms with Crippen molar-refractivity contribution in [1.29, 1.82) is 0 Å². The quantitative estimate of drug-likeness (QED) is 0.837.